The topological polar surface area (TPSA) is 34.1 Å². The van der Waals surface area contributed by atoms with E-state index in [9.17, 15) is 0 Å². The molecule has 0 radical (unpaired) electrons. The summed E-state index contributed by atoms with van der Waals surface area (Å²) in [7, 11) is 0. The first-order valence-corrected chi connectivity index (χ1v) is 5.09. The fourth-order valence-corrected chi connectivity index (χ4v) is 1.07. The Morgan fingerprint density at radius 3 is 2.86 bits per heavy atom. The molecule has 0 saturated carbocycles. The van der Waals surface area contributed by atoms with Gasteiger partial charge in [-0.05, 0) is 25.5 Å². The molecule has 78 valence electrons. The Labute approximate surface area is 85.5 Å². The van der Waals surface area contributed by atoms with E-state index in [0.717, 1.165) is 25.1 Å². The molecule has 0 saturated heterocycles. The van der Waals surface area contributed by atoms with Crippen LogP contribution in [0.5, 0.6) is 5.88 Å². The van der Waals surface area contributed by atoms with Crippen molar-refractivity contribution in [1.29, 1.82) is 0 Å². The van der Waals surface area contributed by atoms with Crippen LogP contribution < -0.4 is 10.1 Å². The van der Waals surface area contributed by atoms with Crippen LogP contribution in [-0.2, 0) is 0 Å². The maximum absolute atomic E-state index is 5.43. The highest BCUT2D eigenvalue weighted by Crippen LogP contribution is 2.05. The standard InChI is InChI=1S/C11H18N2O/c1-3-6-12-7-8-14-11-5-4-10(2)9-13-11/h4-5,9,12H,3,6-8H2,1-2H3. The Morgan fingerprint density at radius 2 is 2.21 bits per heavy atom. The molecule has 0 aliphatic rings. The number of ether oxygens (including phenoxy) is 1. The lowest BCUT2D eigenvalue weighted by atomic mass is 10.3. The zero-order valence-electron chi connectivity index (χ0n) is 8.92. The van der Waals surface area contributed by atoms with Gasteiger partial charge in [0.05, 0.1) is 0 Å². The zero-order valence-corrected chi connectivity index (χ0v) is 8.92. The molecule has 0 spiro atoms. The Hall–Kier alpha value is -1.09. The van der Waals surface area contributed by atoms with Gasteiger partial charge in [-0.3, -0.25) is 0 Å². The third-order valence-corrected chi connectivity index (χ3v) is 1.84. The predicted octanol–water partition coefficient (Wildman–Crippen LogP) is 1.77. The number of nitrogens with one attached hydrogen (secondary N) is 1. The molecule has 0 unspecified atom stereocenters. The second kappa shape index (κ2) is 6.38. The van der Waals surface area contributed by atoms with Gasteiger partial charge in [0.1, 0.15) is 6.61 Å². The average Bonchev–Trinajstić information content (AvgIpc) is 2.21. The van der Waals surface area contributed by atoms with E-state index in [-0.39, 0.29) is 0 Å². The molecule has 1 N–H and O–H groups in total. The fraction of sp³-hybridized carbons (Fsp3) is 0.545. The molecule has 3 nitrogen and oxygen atoms in total. The molecule has 0 bridgehead atoms. The summed E-state index contributed by atoms with van der Waals surface area (Å²) in [5.41, 5.74) is 1.15. The third-order valence-electron chi connectivity index (χ3n) is 1.84. The quantitative estimate of drug-likeness (QED) is 0.701. The summed E-state index contributed by atoms with van der Waals surface area (Å²) in [6, 6.07) is 3.90. The van der Waals surface area contributed by atoms with Crippen LogP contribution in [0.25, 0.3) is 0 Å². The van der Waals surface area contributed by atoms with E-state index in [0.29, 0.717) is 12.5 Å². The van der Waals surface area contributed by atoms with Gasteiger partial charge in [0.15, 0.2) is 0 Å². The van der Waals surface area contributed by atoms with Crippen LogP contribution in [0.4, 0.5) is 0 Å². The van der Waals surface area contributed by atoms with Gasteiger partial charge in [-0.15, -0.1) is 0 Å². The fourth-order valence-electron chi connectivity index (χ4n) is 1.07. The molecule has 0 aromatic carbocycles. The Kier molecular flexibility index (Phi) is 5.00. The number of aryl methyl sites for hydroxylation is 1. The van der Waals surface area contributed by atoms with E-state index in [1.165, 1.54) is 0 Å². The molecule has 3 heteroatoms. The van der Waals surface area contributed by atoms with Crippen molar-refractivity contribution < 1.29 is 4.74 Å². The number of pyridine rings is 1. The lowest BCUT2D eigenvalue weighted by Crippen LogP contribution is -2.21. The van der Waals surface area contributed by atoms with Gasteiger partial charge in [0, 0.05) is 18.8 Å². The molecule has 0 atom stereocenters. The zero-order chi connectivity index (χ0) is 10.2. The van der Waals surface area contributed by atoms with Crippen molar-refractivity contribution in [3.63, 3.8) is 0 Å². The van der Waals surface area contributed by atoms with Crippen LogP contribution in [0.2, 0.25) is 0 Å². The number of hydrogen-bond donors (Lipinski definition) is 1. The highest BCUT2D eigenvalue weighted by atomic mass is 16.5. The minimum Gasteiger partial charge on any atom is -0.476 e. The third kappa shape index (κ3) is 4.23. The van der Waals surface area contributed by atoms with E-state index in [4.69, 9.17) is 4.74 Å². The smallest absolute Gasteiger partial charge is 0.213 e. The number of rotatable bonds is 6. The maximum atomic E-state index is 5.43. The van der Waals surface area contributed by atoms with Crippen LogP contribution in [0, 0.1) is 6.92 Å². The predicted molar refractivity (Wildman–Crippen MR) is 57.6 cm³/mol. The normalized spacial score (nSPS) is 10.1. The van der Waals surface area contributed by atoms with E-state index in [1.54, 1.807) is 0 Å². The summed E-state index contributed by atoms with van der Waals surface area (Å²) in [5.74, 6) is 0.703. The highest BCUT2D eigenvalue weighted by Gasteiger charge is 1.93. The van der Waals surface area contributed by atoms with Crippen LogP contribution in [0.1, 0.15) is 18.9 Å². The molecule has 0 aliphatic heterocycles. The van der Waals surface area contributed by atoms with Crippen molar-refractivity contribution in [3.05, 3.63) is 23.9 Å². The van der Waals surface area contributed by atoms with Crippen LogP contribution in [0.15, 0.2) is 18.3 Å². The van der Waals surface area contributed by atoms with Gasteiger partial charge in [-0.1, -0.05) is 13.0 Å². The maximum Gasteiger partial charge on any atom is 0.213 e. The van der Waals surface area contributed by atoms with Gasteiger partial charge in [0.25, 0.3) is 0 Å². The molecule has 1 aromatic rings. The van der Waals surface area contributed by atoms with Crippen LogP contribution in [0.3, 0.4) is 0 Å². The molecular formula is C11H18N2O. The minimum absolute atomic E-state index is 0.677. The summed E-state index contributed by atoms with van der Waals surface area (Å²) in [6.07, 6.45) is 2.97. The second-order valence-corrected chi connectivity index (χ2v) is 3.27. The van der Waals surface area contributed by atoms with E-state index in [1.807, 2.05) is 25.3 Å². The first-order valence-electron chi connectivity index (χ1n) is 5.09. The van der Waals surface area contributed by atoms with E-state index in [2.05, 4.69) is 17.2 Å². The Bertz CT molecular complexity index is 246. The van der Waals surface area contributed by atoms with Crippen molar-refractivity contribution >= 4 is 0 Å². The Balaban J connectivity index is 2.15. The van der Waals surface area contributed by atoms with Gasteiger partial charge in [-0.2, -0.15) is 0 Å². The van der Waals surface area contributed by atoms with Gasteiger partial charge < -0.3 is 10.1 Å². The molecule has 0 aliphatic carbocycles. The molecule has 1 aromatic heterocycles. The first kappa shape index (κ1) is 11.0. The Morgan fingerprint density at radius 1 is 1.36 bits per heavy atom. The van der Waals surface area contributed by atoms with Crippen molar-refractivity contribution in [1.82, 2.24) is 10.3 Å². The summed E-state index contributed by atoms with van der Waals surface area (Å²) >= 11 is 0. The highest BCUT2D eigenvalue weighted by molar-refractivity contribution is 5.16. The number of aromatic nitrogens is 1. The summed E-state index contributed by atoms with van der Waals surface area (Å²) in [4.78, 5) is 4.15. The van der Waals surface area contributed by atoms with Crippen molar-refractivity contribution in [2.75, 3.05) is 19.7 Å². The van der Waals surface area contributed by atoms with Crippen molar-refractivity contribution in [2.45, 2.75) is 20.3 Å². The molecule has 0 amide bonds. The second-order valence-electron chi connectivity index (χ2n) is 3.27. The van der Waals surface area contributed by atoms with Crippen molar-refractivity contribution in [2.24, 2.45) is 0 Å². The summed E-state index contributed by atoms with van der Waals surface area (Å²) in [5, 5.41) is 3.26. The van der Waals surface area contributed by atoms with Crippen molar-refractivity contribution in [3.8, 4) is 5.88 Å². The lowest BCUT2D eigenvalue weighted by molar-refractivity contribution is 0.302. The SMILES string of the molecule is CCCNCCOc1ccc(C)cn1. The minimum atomic E-state index is 0.677. The summed E-state index contributed by atoms with van der Waals surface area (Å²) in [6.45, 7) is 6.76. The molecular weight excluding hydrogens is 176 g/mol. The monoisotopic (exact) mass is 194 g/mol. The lowest BCUT2D eigenvalue weighted by Gasteiger charge is -2.05. The molecule has 14 heavy (non-hydrogen) atoms. The van der Waals surface area contributed by atoms with Crippen LogP contribution in [-0.4, -0.2) is 24.7 Å². The van der Waals surface area contributed by atoms with E-state index < -0.39 is 0 Å². The van der Waals surface area contributed by atoms with E-state index >= 15 is 0 Å². The van der Waals surface area contributed by atoms with Crippen LogP contribution >= 0.6 is 0 Å². The average molecular weight is 194 g/mol. The number of hydrogen-bond acceptors (Lipinski definition) is 3. The van der Waals surface area contributed by atoms with Gasteiger partial charge in [0.2, 0.25) is 5.88 Å². The molecule has 0 fully saturated rings. The molecule has 1 heterocycles. The van der Waals surface area contributed by atoms with Gasteiger partial charge in [-0.25, -0.2) is 4.98 Å². The van der Waals surface area contributed by atoms with Gasteiger partial charge >= 0.3 is 0 Å². The largest absolute Gasteiger partial charge is 0.476 e. The molecule has 1 rings (SSSR count). The summed E-state index contributed by atoms with van der Waals surface area (Å²) < 4.78 is 5.43. The first-order chi connectivity index (χ1) is 6.83. The number of nitrogens with zero attached hydrogens (tertiary/aromatic N) is 1.